The van der Waals surface area contributed by atoms with Crippen molar-refractivity contribution in [2.45, 2.75) is 6.29 Å². The molecule has 0 saturated carbocycles. The first-order valence-corrected chi connectivity index (χ1v) is 9.14. The fourth-order valence-corrected chi connectivity index (χ4v) is 3.89. The summed E-state index contributed by atoms with van der Waals surface area (Å²) < 4.78 is 10.1. The van der Waals surface area contributed by atoms with Gasteiger partial charge < -0.3 is 26.3 Å². The highest BCUT2D eigenvalue weighted by molar-refractivity contribution is 7.21. The molecule has 3 aromatic rings. The predicted octanol–water partition coefficient (Wildman–Crippen LogP) is 2.35. The van der Waals surface area contributed by atoms with Crippen molar-refractivity contribution in [2.24, 2.45) is 0 Å². The lowest BCUT2D eigenvalue weighted by atomic mass is 9.97. The second-order valence-corrected chi connectivity index (χ2v) is 6.86. The lowest BCUT2D eigenvalue weighted by Gasteiger charge is -2.13. The van der Waals surface area contributed by atoms with E-state index in [1.165, 1.54) is 14.2 Å². The van der Waals surface area contributed by atoms with Crippen LogP contribution in [0.25, 0.3) is 21.3 Å². The number of nitriles is 1. The number of carbonyl (C=O) groups excluding carboxylic acids is 1. The molecule has 1 amide bonds. The number of rotatable bonds is 6. The maximum absolute atomic E-state index is 12.6. The number of nitrogen functional groups attached to an aromatic ring is 2. The third-order valence-electron chi connectivity index (χ3n) is 4.24. The minimum absolute atomic E-state index is 0.0980. The first-order chi connectivity index (χ1) is 13.5. The number of hydrogen-bond donors (Lipinski definition) is 3. The maximum Gasteiger partial charge on any atom is 0.263 e. The van der Waals surface area contributed by atoms with Crippen LogP contribution in [0.4, 0.5) is 11.5 Å². The number of nitrogens with two attached hydrogens (primary N) is 2. The average Bonchev–Trinajstić information content (AvgIpc) is 3.04. The molecule has 0 unspecified atom stereocenters. The van der Waals surface area contributed by atoms with Gasteiger partial charge in [-0.15, -0.1) is 11.3 Å². The summed E-state index contributed by atoms with van der Waals surface area (Å²) in [6, 6.07) is 11.4. The Morgan fingerprint density at radius 3 is 2.57 bits per heavy atom. The van der Waals surface area contributed by atoms with Crippen molar-refractivity contribution in [2.75, 3.05) is 32.2 Å². The van der Waals surface area contributed by atoms with Crippen molar-refractivity contribution in [3.05, 3.63) is 40.8 Å². The quantitative estimate of drug-likeness (QED) is 0.543. The van der Waals surface area contributed by atoms with Crippen LogP contribution in [-0.2, 0) is 9.47 Å². The van der Waals surface area contributed by atoms with E-state index in [1.807, 2.05) is 30.3 Å². The molecule has 0 radical (unpaired) electrons. The van der Waals surface area contributed by atoms with Gasteiger partial charge in [-0.2, -0.15) is 5.26 Å². The summed E-state index contributed by atoms with van der Waals surface area (Å²) in [5, 5.41) is 12.9. The van der Waals surface area contributed by atoms with E-state index < -0.39 is 6.29 Å². The minimum atomic E-state index is -0.571. The molecular formula is C19H19N5O3S. The van der Waals surface area contributed by atoms with Crippen LogP contribution in [0, 0.1) is 11.3 Å². The van der Waals surface area contributed by atoms with Gasteiger partial charge in [-0.25, -0.2) is 4.98 Å². The molecule has 2 aromatic heterocycles. The summed E-state index contributed by atoms with van der Waals surface area (Å²) in [5.41, 5.74) is 14.2. The number of thiophene rings is 1. The van der Waals surface area contributed by atoms with E-state index in [0.717, 1.165) is 16.9 Å². The molecule has 0 aliphatic carbocycles. The van der Waals surface area contributed by atoms with Crippen molar-refractivity contribution in [1.29, 1.82) is 5.26 Å². The number of nitrogens with one attached hydrogen (secondary N) is 1. The Kier molecular flexibility index (Phi) is 5.75. The average molecular weight is 397 g/mol. The van der Waals surface area contributed by atoms with Crippen molar-refractivity contribution < 1.29 is 14.3 Å². The van der Waals surface area contributed by atoms with Crippen LogP contribution in [0.3, 0.4) is 0 Å². The van der Waals surface area contributed by atoms with E-state index in [2.05, 4.69) is 16.4 Å². The minimum Gasteiger partial charge on any atom is -0.397 e. The zero-order valence-corrected chi connectivity index (χ0v) is 16.2. The van der Waals surface area contributed by atoms with E-state index in [1.54, 1.807) is 0 Å². The molecule has 8 nitrogen and oxygen atoms in total. The molecule has 28 heavy (non-hydrogen) atoms. The van der Waals surface area contributed by atoms with Gasteiger partial charge in [-0.05, 0) is 5.56 Å². The molecule has 9 heteroatoms. The SMILES string of the molecule is COC(CNC(=O)c1sc2nc(N)c(C#N)c(-c3ccccc3)c2c1N)OC. The first kappa shape index (κ1) is 19.6. The number of anilines is 2. The number of methoxy groups -OCH3 is 2. The molecule has 144 valence electrons. The lowest BCUT2D eigenvalue weighted by Crippen LogP contribution is -2.34. The van der Waals surface area contributed by atoms with Crippen molar-refractivity contribution in [3.8, 4) is 17.2 Å². The number of hydrogen-bond acceptors (Lipinski definition) is 8. The Labute approximate surface area is 165 Å². The fraction of sp³-hybridized carbons (Fsp3) is 0.211. The normalized spacial score (nSPS) is 10.9. The van der Waals surface area contributed by atoms with E-state index in [0.29, 0.717) is 20.7 Å². The van der Waals surface area contributed by atoms with Gasteiger partial charge in [0.05, 0.1) is 12.2 Å². The standard InChI is InChI=1S/C19H19N5O3S/c1-26-12(27-2)9-23-18(25)16-15(21)14-13(10-6-4-3-5-7-10)11(8-20)17(22)24-19(14)28-16/h3-7,12H,9,21H2,1-2H3,(H2,22,24)(H,23,25). The van der Waals surface area contributed by atoms with E-state index in [4.69, 9.17) is 20.9 Å². The van der Waals surface area contributed by atoms with Gasteiger partial charge in [0.25, 0.3) is 5.91 Å². The fourth-order valence-electron chi connectivity index (χ4n) is 2.86. The summed E-state index contributed by atoms with van der Waals surface area (Å²) in [4.78, 5) is 17.7. The summed E-state index contributed by atoms with van der Waals surface area (Å²) >= 11 is 1.12. The molecule has 0 saturated heterocycles. The Balaban J connectivity index is 2.13. The summed E-state index contributed by atoms with van der Waals surface area (Å²) in [6.07, 6.45) is -0.571. The van der Waals surface area contributed by atoms with Crippen LogP contribution in [-0.4, -0.2) is 37.9 Å². The van der Waals surface area contributed by atoms with Gasteiger partial charge in [-0.3, -0.25) is 4.79 Å². The zero-order chi connectivity index (χ0) is 20.3. The Bertz CT molecular complexity index is 1060. The highest BCUT2D eigenvalue weighted by Gasteiger charge is 2.24. The smallest absolute Gasteiger partial charge is 0.263 e. The number of ether oxygens (including phenoxy) is 2. The van der Waals surface area contributed by atoms with Crippen LogP contribution < -0.4 is 16.8 Å². The van der Waals surface area contributed by atoms with Gasteiger partial charge in [0.15, 0.2) is 6.29 Å². The Morgan fingerprint density at radius 1 is 1.29 bits per heavy atom. The Hall–Kier alpha value is -3.19. The second-order valence-electron chi connectivity index (χ2n) is 5.86. The third-order valence-corrected chi connectivity index (χ3v) is 5.34. The molecule has 5 N–H and O–H groups in total. The van der Waals surface area contributed by atoms with E-state index in [9.17, 15) is 10.1 Å². The van der Waals surface area contributed by atoms with Crippen LogP contribution in [0.5, 0.6) is 0 Å². The molecule has 0 aliphatic heterocycles. The van der Waals surface area contributed by atoms with Crippen molar-refractivity contribution >= 4 is 39.0 Å². The molecule has 0 aliphatic rings. The number of pyridine rings is 1. The largest absolute Gasteiger partial charge is 0.397 e. The topological polar surface area (TPSA) is 136 Å². The van der Waals surface area contributed by atoms with Crippen LogP contribution in [0.2, 0.25) is 0 Å². The summed E-state index contributed by atoms with van der Waals surface area (Å²) in [6.45, 7) is 0.157. The van der Waals surface area contributed by atoms with Gasteiger partial charge in [0.2, 0.25) is 0 Å². The molecular weight excluding hydrogens is 378 g/mol. The Morgan fingerprint density at radius 2 is 1.96 bits per heavy atom. The highest BCUT2D eigenvalue weighted by atomic mass is 32.1. The van der Waals surface area contributed by atoms with Gasteiger partial charge in [0.1, 0.15) is 27.2 Å². The predicted molar refractivity (Wildman–Crippen MR) is 109 cm³/mol. The van der Waals surface area contributed by atoms with Crippen molar-refractivity contribution in [1.82, 2.24) is 10.3 Å². The molecule has 3 rings (SSSR count). The molecule has 1 aromatic carbocycles. The van der Waals surface area contributed by atoms with Crippen molar-refractivity contribution in [3.63, 3.8) is 0 Å². The number of amides is 1. The third kappa shape index (κ3) is 3.48. The molecule has 0 atom stereocenters. The first-order valence-electron chi connectivity index (χ1n) is 8.32. The number of benzene rings is 1. The van der Waals surface area contributed by atoms with Gasteiger partial charge >= 0.3 is 0 Å². The van der Waals surface area contributed by atoms with Gasteiger partial charge in [0, 0.05) is 25.2 Å². The number of fused-ring (bicyclic) bond motifs is 1. The van der Waals surface area contributed by atoms with Crippen LogP contribution in [0.1, 0.15) is 15.2 Å². The zero-order valence-electron chi connectivity index (χ0n) is 15.4. The maximum atomic E-state index is 12.6. The second kappa shape index (κ2) is 8.22. The van der Waals surface area contributed by atoms with E-state index >= 15 is 0 Å². The summed E-state index contributed by atoms with van der Waals surface area (Å²) in [5.74, 6) is -0.281. The number of nitrogens with zero attached hydrogens (tertiary/aromatic N) is 2. The number of carbonyl (C=O) groups is 1. The lowest BCUT2D eigenvalue weighted by molar-refractivity contribution is -0.0974. The molecule has 0 fully saturated rings. The molecule has 2 heterocycles. The highest BCUT2D eigenvalue weighted by Crippen LogP contribution is 2.42. The number of aromatic nitrogens is 1. The monoisotopic (exact) mass is 397 g/mol. The summed E-state index contributed by atoms with van der Waals surface area (Å²) in [7, 11) is 2.97. The van der Waals surface area contributed by atoms with Crippen LogP contribution in [0.15, 0.2) is 30.3 Å². The van der Waals surface area contributed by atoms with E-state index in [-0.39, 0.29) is 29.5 Å². The molecule has 0 spiro atoms. The van der Waals surface area contributed by atoms with Crippen LogP contribution >= 0.6 is 11.3 Å². The molecule has 0 bridgehead atoms. The van der Waals surface area contributed by atoms with Gasteiger partial charge in [-0.1, -0.05) is 30.3 Å².